The van der Waals surface area contributed by atoms with Crippen molar-refractivity contribution in [3.05, 3.63) is 58.7 Å². The van der Waals surface area contributed by atoms with E-state index in [2.05, 4.69) is 0 Å². The molecule has 0 aliphatic rings. The molecule has 0 amide bonds. The highest BCUT2D eigenvalue weighted by atomic mass is 31.2. The van der Waals surface area contributed by atoms with Crippen LogP contribution in [0.4, 0.5) is 5.69 Å². The van der Waals surface area contributed by atoms with Gasteiger partial charge in [0, 0.05) is 5.69 Å². The topological polar surface area (TPSA) is 149 Å². The number of aromatic carboxylic acids is 1. The monoisotopic (exact) mass is 467 g/mol. The van der Waals surface area contributed by atoms with Gasteiger partial charge in [-0.25, -0.2) is 4.79 Å². The first-order valence-corrected chi connectivity index (χ1v) is 12.0. The molecule has 0 unspecified atom stereocenters. The van der Waals surface area contributed by atoms with Gasteiger partial charge in [0.15, 0.2) is 0 Å². The normalized spacial score (nSPS) is 11.5. The number of hydrogen-bond donors (Lipinski definition) is 4. The van der Waals surface area contributed by atoms with Crippen LogP contribution in [0.3, 0.4) is 0 Å². The van der Waals surface area contributed by atoms with Crippen molar-refractivity contribution in [3.63, 3.8) is 0 Å². The second-order valence-corrected chi connectivity index (χ2v) is 9.05. The lowest BCUT2D eigenvalue weighted by Crippen LogP contribution is -2.12. The van der Waals surface area contributed by atoms with E-state index in [4.69, 9.17) is 29.7 Å². The van der Waals surface area contributed by atoms with Crippen LogP contribution >= 0.6 is 7.60 Å². The molecule has 0 saturated carbocycles. The molecule has 0 saturated heterocycles. The van der Waals surface area contributed by atoms with Gasteiger partial charge in [0.2, 0.25) is 0 Å². The van der Waals surface area contributed by atoms with E-state index >= 15 is 0 Å². The minimum atomic E-state index is -4.02. The number of aryl methyl sites for hydroxylation is 3. The third-order valence-electron chi connectivity index (χ3n) is 4.74. The number of carbonyl (C=O) groups is 1. The van der Waals surface area contributed by atoms with Gasteiger partial charge in [-0.15, -0.1) is 0 Å². The second-order valence-electron chi connectivity index (χ2n) is 7.27. The first-order valence-electron chi connectivity index (χ1n) is 10.2. The van der Waals surface area contributed by atoms with Gasteiger partial charge < -0.3 is 34.8 Å². The van der Waals surface area contributed by atoms with Crippen LogP contribution in [0.15, 0.2) is 36.4 Å². The second kappa shape index (κ2) is 12.6. The zero-order valence-corrected chi connectivity index (χ0v) is 18.9. The summed E-state index contributed by atoms with van der Waals surface area (Å²) in [5.41, 5.74) is 9.26. The largest absolute Gasteiger partial charge is 0.491 e. The van der Waals surface area contributed by atoms with Crippen LogP contribution in [0.2, 0.25) is 0 Å². The molecule has 2 aromatic rings. The zero-order valence-electron chi connectivity index (χ0n) is 18.0. The van der Waals surface area contributed by atoms with Crippen LogP contribution in [0.1, 0.15) is 27.0 Å². The van der Waals surface area contributed by atoms with E-state index in [-0.39, 0.29) is 24.9 Å². The highest BCUT2D eigenvalue weighted by Crippen LogP contribution is 2.33. The third kappa shape index (κ3) is 9.38. The van der Waals surface area contributed by atoms with Crippen molar-refractivity contribution < 1.29 is 38.5 Å². The van der Waals surface area contributed by atoms with Crippen LogP contribution < -0.4 is 10.5 Å². The van der Waals surface area contributed by atoms with Crippen LogP contribution in [-0.4, -0.2) is 60.1 Å². The van der Waals surface area contributed by atoms with Crippen molar-refractivity contribution in [2.45, 2.75) is 19.8 Å². The van der Waals surface area contributed by atoms with Gasteiger partial charge in [0.05, 0.1) is 38.2 Å². The molecule has 0 aliphatic heterocycles. The Morgan fingerprint density at radius 2 is 1.56 bits per heavy atom. The summed E-state index contributed by atoms with van der Waals surface area (Å²) in [7, 11) is -4.02. The van der Waals surface area contributed by atoms with E-state index in [0.29, 0.717) is 44.1 Å². The Labute approximate surface area is 187 Å². The highest BCUT2D eigenvalue weighted by molar-refractivity contribution is 7.51. The average molecular weight is 467 g/mol. The first kappa shape index (κ1) is 25.8. The number of benzene rings is 2. The van der Waals surface area contributed by atoms with Gasteiger partial charge in [-0.05, 0) is 60.7 Å². The Balaban J connectivity index is 1.71. The van der Waals surface area contributed by atoms with Crippen molar-refractivity contribution in [3.8, 4) is 5.75 Å². The van der Waals surface area contributed by atoms with E-state index in [1.165, 1.54) is 6.07 Å². The summed E-state index contributed by atoms with van der Waals surface area (Å²) in [6.45, 7) is 3.25. The van der Waals surface area contributed by atoms with E-state index in [1.54, 1.807) is 12.1 Å². The number of nitrogens with two attached hydrogens (primary N) is 1. The molecule has 2 rings (SSSR count). The van der Waals surface area contributed by atoms with Crippen LogP contribution in [0, 0.1) is 6.92 Å². The predicted molar refractivity (Wildman–Crippen MR) is 120 cm³/mol. The lowest BCUT2D eigenvalue weighted by atomic mass is 9.97. The molecule has 0 radical (unpaired) electrons. The number of anilines is 1. The lowest BCUT2D eigenvalue weighted by Gasteiger charge is -2.12. The Morgan fingerprint density at radius 1 is 0.938 bits per heavy atom. The number of carboxylic acid groups (broad SMARTS) is 1. The van der Waals surface area contributed by atoms with E-state index in [1.807, 2.05) is 25.1 Å². The summed E-state index contributed by atoms with van der Waals surface area (Å²) in [5, 5.41) is 9.36. The van der Waals surface area contributed by atoms with Crippen molar-refractivity contribution in [2.75, 3.05) is 44.9 Å². The molecule has 0 fully saturated rings. The Kier molecular flexibility index (Phi) is 10.2. The fourth-order valence-corrected chi connectivity index (χ4v) is 3.41. The number of ether oxygens (including phenoxy) is 3. The van der Waals surface area contributed by atoms with Crippen molar-refractivity contribution in [1.29, 1.82) is 0 Å². The molecule has 0 atom stereocenters. The molecule has 5 N–H and O–H groups in total. The number of rotatable bonds is 14. The number of carboxylic acids is 1. The van der Waals surface area contributed by atoms with Crippen LogP contribution in [-0.2, 0) is 26.9 Å². The maximum atomic E-state index is 11.4. The predicted octanol–water partition coefficient (Wildman–Crippen LogP) is 2.65. The molecular weight excluding hydrogens is 437 g/mol. The molecule has 0 spiro atoms. The molecule has 32 heavy (non-hydrogen) atoms. The minimum Gasteiger partial charge on any atom is -0.491 e. The van der Waals surface area contributed by atoms with Gasteiger partial charge in [0.1, 0.15) is 12.4 Å². The number of nitrogen functional groups attached to an aromatic ring is 1. The van der Waals surface area contributed by atoms with Crippen molar-refractivity contribution in [1.82, 2.24) is 0 Å². The molecule has 0 heterocycles. The van der Waals surface area contributed by atoms with Crippen molar-refractivity contribution >= 4 is 19.3 Å². The highest BCUT2D eigenvalue weighted by Gasteiger charge is 2.12. The zero-order chi connectivity index (χ0) is 23.6. The van der Waals surface area contributed by atoms with Crippen LogP contribution in [0.5, 0.6) is 5.75 Å². The Morgan fingerprint density at radius 3 is 2.22 bits per heavy atom. The minimum absolute atomic E-state index is 0.00822. The van der Waals surface area contributed by atoms with Gasteiger partial charge in [-0.1, -0.05) is 12.1 Å². The molecule has 0 aromatic heterocycles. The molecule has 9 nitrogen and oxygen atoms in total. The van der Waals surface area contributed by atoms with Gasteiger partial charge in [-0.3, -0.25) is 4.57 Å². The van der Waals surface area contributed by atoms with Crippen LogP contribution in [0.25, 0.3) is 0 Å². The first-order chi connectivity index (χ1) is 15.2. The third-order valence-corrected chi connectivity index (χ3v) is 5.50. The van der Waals surface area contributed by atoms with Gasteiger partial charge in [-0.2, -0.15) is 0 Å². The summed E-state index contributed by atoms with van der Waals surface area (Å²) >= 11 is 0. The maximum Gasteiger partial charge on any atom is 0.336 e. The summed E-state index contributed by atoms with van der Waals surface area (Å²) < 4.78 is 26.8. The summed E-state index contributed by atoms with van der Waals surface area (Å²) in [5.74, 6) is -0.269. The SMILES string of the molecule is Cc1cc(OCCOCCOCCP(=O)(O)O)ccc1CCc1ccc(N)cc1C(=O)O. The van der Waals surface area contributed by atoms with E-state index in [9.17, 15) is 14.5 Å². The Hall–Kier alpha value is -2.42. The smallest absolute Gasteiger partial charge is 0.336 e. The fourth-order valence-electron chi connectivity index (χ4n) is 3.04. The average Bonchev–Trinajstić information content (AvgIpc) is 2.71. The maximum absolute atomic E-state index is 11.4. The Bertz CT molecular complexity index is 944. The van der Waals surface area contributed by atoms with Crippen molar-refractivity contribution in [2.24, 2.45) is 0 Å². The van der Waals surface area contributed by atoms with E-state index < -0.39 is 13.6 Å². The van der Waals surface area contributed by atoms with Gasteiger partial charge in [0.25, 0.3) is 0 Å². The molecule has 176 valence electrons. The summed E-state index contributed by atoms with van der Waals surface area (Å²) in [4.78, 5) is 28.9. The van der Waals surface area contributed by atoms with Gasteiger partial charge >= 0.3 is 13.6 Å². The fraction of sp³-hybridized carbons (Fsp3) is 0.409. The quantitative estimate of drug-likeness (QED) is 0.187. The standard InChI is InChI=1S/C22H30NO8P/c1-16-14-20(31-11-10-29-8-9-30-12-13-32(26,27)28)7-5-17(16)2-3-18-4-6-19(23)15-21(18)22(24)25/h4-7,14-15H,2-3,8-13,23H2,1H3,(H,24,25)(H2,26,27,28). The lowest BCUT2D eigenvalue weighted by molar-refractivity contribution is 0.0402. The number of hydrogen-bond acceptors (Lipinski definition) is 6. The summed E-state index contributed by atoms with van der Waals surface area (Å²) in [6.07, 6.45) is 0.987. The summed E-state index contributed by atoms with van der Waals surface area (Å²) in [6, 6.07) is 10.7. The molecular formula is C22H30NO8P. The molecule has 0 aliphatic carbocycles. The van der Waals surface area contributed by atoms with E-state index in [0.717, 1.165) is 16.7 Å². The molecule has 10 heteroatoms. The molecule has 0 bridgehead atoms. The molecule has 2 aromatic carbocycles.